The standard InChI is InChI=1S/C23H29F3N4O3/c1-28-22(32)19-14-30(21(31)7-10-33-2)13-18(19)15-5-8-29(9-6-15)17-4-3-16(12-27)20(11-17)23(24,25)26/h3-4,11,15,18-19H,5-10,13-14H2,1-2H3,(H,28,32)/t18-,19+/m0/s1. The number of rotatable bonds is 6. The van der Waals surface area contributed by atoms with Crippen LogP contribution in [0.4, 0.5) is 18.9 Å². The van der Waals surface area contributed by atoms with Crippen molar-refractivity contribution in [1.82, 2.24) is 10.2 Å². The van der Waals surface area contributed by atoms with Crippen molar-refractivity contribution in [2.24, 2.45) is 17.8 Å². The Morgan fingerprint density at radius 3 is 2.52 bits per heavy atom. The lowest BCUT2D eigenvalue weighted by Gasteiger charge is -2.37. The molecule has 7 nitrogen and oxygen atoms in total. The van der Waals surface area contributed by atoms with E-state index in [1.54, 1.807) is 24.1 Å². The maximum absolute atomic E-state index is 13.3. The van der Waals surface area contributed by atoms with Crippen LogP contribution in [0.2, 0.25) is 0 Å². The average molecular weight is 467 g/mol. The summed E-state index contributed by atoms with van der Waals surface area (Å²) >= 11 is 0. The minimum atomic E-state index is -4.59. The van der Waals surface area contributed by atoms with E-state index in [9.17, 15) is 22.8 Å². The Balaban J connectivity index is 1.70. The van der Waals surface area contributed by atoms with Gasteiger partial charge in [-0.1, -0.05) is 0 Å². The number of nitrogens with zero attached hydrogens (tertiary/aromatic N) is 3. The number of likely N-dealkylation sites (tertiary alicyclic amines) is 1. The van der Waals surface area contributed by atoms with Crippen molar-refractivity contribution in [3.8, 4) is 6.07 Å². The molecule has 0 unspecified atom stereocenters. The van der Waals surface area contributed by atoms with Gasteiger partial charge in [-0.25, -0.2) is 0 Å². The fourth-order valence-corrected chi connectivity index (χ4v) is 4.97. The van der Waals surface area contributed by atoms with E-state index in [0.29, 0.717) is 51.3 Å². The summed E-state index contributed by atoms with van der Waals surface area (Å²) in [6.45, 7) is 2.29. The molecule has 0 aliphatic carbocycles. The zero-order valence-electron chi connectivity index (χ0n) is 18.8. The number of halogens is 3. The molecule has 2 aliphatic heterocycles. The Morgan fingerprint density at radius 1 is 1.24 bits per heavy atom. The van der Waals surface area contributed by atoms with Crippen molar-refractivity contribution in [3.63, 3.8) is 0 Å². The van der Waals surface area contributed by atoms with Crippen LogP contribution in [-0.4, -0.2) is 63.7 Å². The van der Waals surface area contributed by atoms with E-state index in [2.05, 4.69) is 5.32 Å². The van der Waals surface area contributed by atoms with Crippen LogP contribution in [0.15, 0.2) is 18.2 Å². The molecule has 1 aromatic rings. The first-order valence-corrected chi connectivity index (χ1v) is 11.0. The van der Waals surface area contributed by atoms with Gasteiger partial charge in [0.1, 0.15) is 0 Å². The molecule has 2 saturated heterocycles. The van der Waals surface area contributed by atoms with Crippen molar-refractivity contribution in [2.45, 2.75) is 25.4 Å². The van der Waals surface area contributed by atoms with Gasteiger partial charge in [-0.3, -0.25) is 9.59 Å². The second-order valence-corrected chi connectivity index (χ2v) is 8.59. The first-order chi connectivity index (χ1) is 15.7. The normalized spacial score (nSPS) is 21.7. The number of carbonyl (C=O) groups is 2. The summed E-state index contributed by atoms with van der Waals surface area (Å²) < 4.78 is 45.0. The summed E-state index contributed by atoms with van der Waals surface area (Å²) in [6, 6.07) is 5.41. The third-order valence-electron chi connectivity index (χ3n) is 6.76. The molecule has 1 N–H and O–H groups in total. The summed E-state index contributed by atoms with van der Waals surface area (Å²) in [6.07, 6.45) is -2.91. The van der Waals surface area contributed by atoms with Crippen molar-refractivity contribution >= 4 is 17.5 Å². The lowest BCUT2D eigenvalue weighted by molar-refractivity contribution is -0.137. The predicted octanol–water partition coefficient (Wildman–Crippen LogP) is 2.65. The Labute approximate surface area is 191 Å². The zero-order valence-corrected chi connectivity index (χ0v) is 18.8. The van der Waals surface area contributed by atoms with E-state index < -0.39 is 17.3 Å². The van der Waals surface area contributed by atoms with E-state index in [0.717, 1.165) is 6.07 Å². The molecular formula is C23H29F3N4O3. The largest absolute Gasteiger partial charge is 0.417 e. The third kappa shape index (κ3) is 5.58. The number of carbonyl (C=O) groups excluding carboxylic acids is 2. The molecule has 0 saturated carbocycles. The number of methoxy groups -OCH3 is 1. The fraction of sp³-hybridized carbons (Fsp3) is 0.609. The van der Waals surface area contributed by atoms with Crippen molar-refractivity contribution in [2.75, 3.05) is 51.8 Å². The van der Waals surface area contributed by atoms with Crippen LogP contribution in [-0.2, 0) is 20.5 Å². The van der Waals surface area contributed by atoms with Gasteiger partial charge in [0.2, 0.25) is 11.8 Å². The molecule has 2 atom stereocenters. The highest BCUT2D eigenvalue weighted by Crippen LogP contribution is 2.39. The zero-order chi connectivity index (χ0) is 24.2. The highest BCUT2D eigenvalue weighted by molar-refractivity contribution is 5.82. The van der Waals surface area contributed by atoms with E-state index in [4.69, 9.17) is 10.00 Å². The first kappa shape index (κ1) is 24.8. The number of benzene rings is 1. The maximum atomic E-state index is 13.3. The van der Waals surface area contributed by atoms with Crippen LogP contribution in [0.1, 0.15) is 30.4 Å². The van der Waals surface area contributed by atoms with Crippen LogP contribution in [0, 0.1) is 29.1 Å². The summed E-state index contributed by atoms with van der Waals surface area (Å²) in [4.78, 5) is 28.6. The lowest BCUT2D eigenvalue weighted by atomic mass is 9.78. The predicted molar refractivity (Wildman–Crippen MR) is 115 cm³/mol. The Morgan fingerprint density at radius 2 is 1.94 bits per heavy atom. The van der Waals surface area contributed by atoms with E-state index >= 15 is 0 Å². The summed E-state index contributed by atoms with van der Waals surface area (Å²) in [5.41, 5.74) is -0.880. The van der Waals surface area contributed by atoms with Gasteiger partial charge in [0.25, 0.3) is 0 Å². The number of hydrogen-bond donors (Lipinski definition) is 1. The number of nitriles is 1. The van der Waals surface area contributed by atoms with Crippen molar-refractivity contribution in [3.05, 3.63) is 29.3 Å². The molecule has 33 heavy (non-hydrogen) atoms. The van der Waals surface area contributed by atoms with Gasteiger partial charge in [0.05, 0.1) is 36.1 Å². The van der Waals surface area contributed by atoms with Gasteiger partial charge < -0.3 is 19.9 Å². The van der Waals surface area contributed by atoms with E-state index in [1.807, 2.05) is 4.90 Å². The molecule has 10 heteroatoms. The van der Waals surface area contributed by atoms with Gasteiger partial charge in [0.15, 0.2) is 0 Å². The molecule has 0 radical (unpaired) electrons. The lowest BCUT2D eigenvalue weighted by Crippen LogP contribution is -2.41. The van der Waals surface area contributed by atoms with Gasteiger partial charge in [-0.2, -0.15) is 18.4 Å². The van der Waals surface area contributed by atoms with Crippen LogP contribution in [0.25, 0.3) is 0 Å². The van der Waals surface area contributed by atoms with Crippen LogP contribution >= 0.6 is 0 Å². The number of amides is 2. The Bertz CT molecular complexity index is 907. The topological polar surface area (TPSA) is 85.7 Å². The highest BCUT2D eigenvalue weighted by Gasteiger charge is 2.43. The minimum absolute atomic E-state index is 0.00490. The quantitative estimate of drug-likeness (QED) is 0.697. The first-order valence-electron chi connectivity index (χ1n) is 11.0. The molecule has 0 spiro atoms. The number of nitrogens with one attached hydrogen (secondary N) is 1. The summed E-state index contributed by atoms with van der Waals surface area (Å²) in [5, 5.41) is 11.7. The van der Waals surface area contributed by atoms with Gasteiger partial charge >= 0.3 is 6.18 Å². The van der Waals surface area contributed by atoms with E-state index in [-0.39, 0.29) is 36.0 Å². The summed E-state index contributed by atoms with van der Waals surface area (Å²) in [7, 11) is 3.12. The number of anilines is 1. The SMILES string of the molecule is CNC(=O)[C@@H]1CN(C(=O)CCOC)C[C@H]1C1CCN(c2ccc(C#N)c(C(F)(F)F)c2)CC1. The monoisotopic (exact) mass is 466 g/mol. The number of ether oxygens (including phenoxy) is 1. The second-order valence-electron chi connectivity index (χ2n) is 8.59. The molecule has 0 aromatic heterocycles. The van der Waals surface area contributed by atoms with Crippen molar-refractivity contribution in [1.29, 1.82) is 5.26 Å². The molecule has 2 amide bonds. The van der Waals surface area contributed by atoms with Gasteiger partial charge in [-0.15, -0.1) is 0 Å². The third-order valence-corrected chi connectivity index (χ3v) is 6.76. The Hall–Kier alpha value is -2.80. The smallest absolute Gasteiger partial charge is 0.384 e. The number of alkyl halides is 3. The molecule has 1 aromatic carbocycles. The van der Waals surface area contributed by atoms with Crippen LogP contribution in [0.3, 0.4) is 0 Å². The molecule has 0 bridgehead atoms. The van der Waals surface area contributed by atoms with Crippen LogP contribution in [0.5, 0.6) is 0 Å². The van der Waals surface area contributed by atoms with Crippen LogP contribution < -0.4 is 10.2 Å². The molecular weight excluding hydrogens is 437 g/mol. The second kappa shape index (κ2) is 10.4. The summed E-state index contributed by atoms with van der Waals surface area (Å²) in [5.74, 6) is -0.242. The maximum Gasteiger partial charge on any atom is 0.417 e. The van der Waals surface area contributed by atoms with E-state index in [1.165, 1.54) is 13.2 Å². The molecule has 2 aliphatic rings. The molecule has 180 valence electrons. The number of piperidine rings is 1. The molecule has 2 heterocycles. The average Bonchev–Trinajstić information content (AvgIpc) is 3.26. The molecule has 3 rings (SSSR count). The minimum Gasteiger partial charge on any atom is -0.384 e. The highest BCUT2D eigenvalue weighted by atomic mass is 19.4. The fourth-order valence-electron chi connectivity index (χ4n) is 4.97. The van der Waals surface area contributed by atoms with Gasteiger partial charge in [-0.05, 0) is 42.9 Å². The Kier molecular flexibility index (Phi) is 7.84. The van der Waals surface area contributed by atoms with Crippen molar-refractivity contribution < 1.29 is 27.5 Å². The number of hydrogen-bond acceptors (Lipinski definition) is 5. The molecule has 2 fully saturated rings. The van der Waals surface area contributed by atoms with Gasteiger partial charge in [0, 0.05) is 46.0 Å².